The molecule has 0 fully saturated rings. The highest BCUT2D eigenvalue weighted by Gasteiger charge is 2.10. The first-order valence-corrected chi connectivity index (χ1v) is 6.99. The van der Waals surface area contributed by atoms with Crippen molar-refractivity contribution >= 4 is 0 Å². The summed E-state index contributed by atoms with van der Waals surface area (Å²) in [5.41, 5.74) is 0. The lowest BCUT2D eigenvalue weighted by Gasteiger charge is -2.24. The number of hydrogen-bond acceptors (Lipinski definition) is 5. The maximum Gasteiger partial charge on any atom is 0.0711 e. The molecule has 0 aromatic heterocycles. The second kappa shape index (κ2) is 13.2. The molecule has 0 saturated heterocycles. The summed E-state index contributed by atoms with van der Waals surface area (Å²) >= 11 is 0. The van der Waals surface area contributed by atoms with Gasteiger partial charge in [-0.25, -0.2) is 0 Å². The molecule has 0 aromatic carbocycles. The fraction of sp³-hybridized carbons (Fsp3) is 1.00. The molecule has 18 heavy (non-hydrogen) atoms. The van der Waals surface area contributed by atoms with Gasteiger partial charge in [-0.15, -0.1) is 0 Å². The Bertz CT molecular complexity index is 153. The standard InChI is InChI=1S/C13H29NO4/c1-13(2)14(17-11-7-3-5-9-15)18-12-8-4-6-10-16/h13,15-16H,3-12H2,1-2H3. The predicted octanol–water partition coefficient (Wildman–Crippen LogP) is 1.89. The van der Waals surface area contributed by atoms with Gasteiger partial charge in [0.25, 0.3) is 0 Å². The van der Waals surface area contributed by atoms with Gasteiger partial charge in [0.05, 0.1) is 19.3 Å². The lowest BCUT2D eigenvalue weighted by Crippen LogP contribution is -2.32. The zero-order valence-corrected chi connectivity index (χ0v) is 11.8. The number of hydrogen-bond donors (Lipinski definition) is 2. The molecule has 0 amide bonds. The van der Waals surface area contributed by atoms with Crippen LogP contribution < -0.4 is 0 Å². The van der Waals surface area contributed by atoms with E-state index in [-0.39, 0.29) is 19.3 Å². The first kappa shape index (κ1) is 17.8. The molecule has 0 aliphatic heterocycles. The number of unbranched alkanes of at least 4 members (excludes halogenated alkanes) is 4. The summed E-state index contributed by atoms with van der Waals surface area (Å²) in [6.45, 7) is 5.76. The summed E-state index contributed by atoms with van der Waals surface area (Å²) < 4.78 is 0. The van der Waals surface area contributed by atoms with Gasteiger partial charge in [0.1, 0.15) is 0 Å². The molecule has 5 nitrogen and oxygen atoms in total. The van der Waals surface area contributed by atoms with Crippen LogP contribution in [0.25, 0.3) is 0 Å². The molecule has 0 bridgehead atoms. The fourth-order valence-corrected chi connectivity index (χ4v) is 1.43. The lowest BCUT2D eigenvalue weighted by molar-refractivity contribution is -0.384. The number of hydroxylamine groups is 2. The van der Waals surface area contributed by atoms with Crippen molar-refractivity contribution in [3.63, 3.8) is 0 Å². The van der Waals surface area contributed by atoms with E-state index in [1.807, 2.05) is 13.8 Å². The van der Waals surface area contributed by atoms with E-state index in [1.54, 1.807) is 5.23 Å². The average molecular weight is 263 g/mol. The quantitative estimate of drug-likeness (QED) is 0.392. The molecule has 0 aromatic rings. The highest BCUT2D eigenvalue weighted by atomic mass is 16.9. The first-order chi connectivity index (χ1) is 8.72. The SMILES string of the molecule is CC(C)N(OCCCCCO)OCCCCCO. The number of aliphatic hydroxyl groups is 2. The van der Waals surface area contributed by atoms with E-state index in [0.29, 0.717) is 13.2 Å². The second-order valence-electron chi connectivity index (χ2n) is 4.61. The van der Waals surface area contributed by atoms with Gasteiger partial charge < -0.3 is 10.2 Å². The Morgan fingerprint density at radius 1 is 0.778 bits per heavy atom. The van der Waals surface area contributed by atoms with E-state index < -0.39 is 0 Å². The van der Waals surface area contributed by atoms with Crippen molar-refractivity contribution in [3.05, 3.63) is 0 Å². The second-order valence-corrected chi connectivity index (χ2v) is 4.61. The molecule has 0 aliphatic carbocycles. The van der Waals surface area contributed by atoms with Crippen molar-refractivity contribution in [3.8, 4) is 0 Å². The Morgan fingerprint density at radius 3 is 1.56 bits per heavy atom. The van der Waals surface area contributed by atoms with Crippen molar-refractivity contribution in [2.45, 2.75) is 58.4 Å². The van der Waals surface area contributed by atoms with E-state index in [4.69, 9.17) is 19.9 Å². The third kappa shape index (κ3) is 10.9. The summed E-state index contributed by atoms with van der Waals surface area (Å²) in [5.74, 6) is 0. The Balaban J connectivity index is 3.53. The molecule has 0 rings (SSSR count). The van der Waals surface area contributed by atoms with Crippen LogP contribution in [0.4, 0.5) is 0 Å². The van der Waals surface area contributed by atoms with Crippen LogP contribution in [0.1, 0.15) is 52.4 Å². The molecule has 0 aliphatic rings. The van der Waals surface area contributed by atoms with E-state index in [1.165, 1.54) is 0 Å². The van der Waals surface area contributed by atoms with Crippen LogP contribution in [-0.4, -0.2) is 47.9 Å². The number of rotatable bonds is 13. The van der Waals surface area contributed by atoms with E-state index >= 15 is 0 Å². The van der Waals surface area contributed by atoms with Gasteiger partial charge in [0.15, 0.2) is 0 Å². The van der Waals surface area contributed by atoms with Crippen LogP contribution in [0.2, 0.25) is 0 Å². The molecule has 0 unspecified atom stereocenters. The van der Waals surface area contributed by atoms with Crippen LogP contribution in [0.3, 0.4) is 0 Å². The highest BCUT2D eigenvalue weighted by molar-refractivity contribution is 4.44. The molecule has 0 radical (unpaired) electrons. The smallest absolute Gasteiger partial charge is 0.0711 e. The van der Waals surface area contributed by atoms with Crippen molar-refractivity contribution in [2.75, 3.05) is 26.4 Å². The van der Waals surface area contributed by atoms with Crippen LogP contribution in [-0.2, 0) is 9.68 Å². The summed E-state index contributed by atoms with van der Waals surface area (Å²) in [7, 11) is 0. The third-order valence-corrected chi connectivity index (χ3v) is 2.46. The molecule has 0 heterocycles. The Kier molecular flexibility index (Phi) is 13.1. The minimum Gasteiger partial charge on any atom is -0.396 e. The summed E-state index contributed by atoms with van der Waals surface area (Å²) in [4.78, 5) is 11.1. The summed E-state index contributed by atoms with van der Waals surface area (Å²) in [6.07, 6.45) is 5.45. The van der Waals surface area contributed by atoms with Gasteiger partial charge in [0, 0.05) is 13.2 Å². The molecule has 0 spiro atoms. The Labute approximate surface area is 111 Å². The molecular formula is C13H29NO4. The molecular weight excluding hydrogens is 234 g/mol. The molecule has 5 heteroatoms. The van der Waals surface area contributed by atoms with Crippen molar-refractivity contribution < 1.29 is 19.9 Å². The topological polar surface area (TPSA) is 62.2 Å². The van der Waals surface area contributed by atoms with E-state index in [9.17, 15) is 0 Å². The van der Waals surface area contributed by atoms with E-state index in [2.05, 4.69) is 0 Å². The highest BCUT2D eigenvalue weighted by Crippen LogP contribution is 2.05. The predicted molar refractivity (Wildman–Crippen MR) is 70.8 cm³/mol. The van der Waals surface area contributed by atoms with Crippen molar-refractivity contribution in [1.82, 2.24) is 5.23 Å². The molecule has 0 saturated carbocycles. The first-order valence-electron chi connectivity index (χ1n) is 6.99. The largest absolute Gasteiger partial charge is 0.396 e. The normalized spacial score (nSPS) is 11.7. The van der Waals surface area contributed by atoms with Crippen LogP contribution in [0, 0.1) is 0 Å². The van der Waals surface area contributed by atoms with Gasteiger partial charge in [0.2, 0.25) is 0 Å². The molecule has 110 valence electrons. The maximum absolute atomic E-state index is 8.66. The zero-order valence-electron chi connectivity index (χ0n) is 11.8. The lowest BCUT2D eigenvalue weighted by atomic mass is 10.2. The monoisotopic (exact) mass is 263 g/mol. The minimum atomic E-state index is 0.181. The number of nitrogens with zero attached hydrogens (tertiary/aromatic N) is 1. The van der Waals surface area contributed by atoms with E-state index in [0.717, 1.165) is 38.5 Å². The molecule has 0 atom stereocenters. The summed E-state index contributed by atoms with van der Waals surface area (Å²) in [5, 5.41) is 18.9. The molecule has 2 N–H and O–H groups in total. The zero-order chi connectivity index (χ0) is 13.6. The average Bonchev–Trinajstić information content (AvgIpc) is 2.35. The van der Waals surface area contributed by atoms with Crippen LogP contribution >= 0.6 is 0 Å². The number of aliphatic hydroxyl groups excluding tert-OH is 2. The summed E-state index contributed by atoms with van der Waals surface area (Å²) in [6, 6.07) is 0.181. The van der Waals surface area contributed by atoms with Gasteiger partial charge in [-0.1, -0.05) is 5.23 Å². The maximum atomic E-state index is 8.66. The third-order valence-electron chi connectivity index (χ3n) is 2.46. The van der Waals surface area contributed by atoms with Crippen LogP contribution in [0.5, 0.6) is 0 Å². The van der Waals surface area contributed by atoms with Gasteiger partial charge in [-0.2, -0.15) is 0 Å². The van der Waals surface area contributed by atoms with Crippen molar-refractivity contribution in [2.24, 2.45) is 0 Å². The Hall–Kier alpha value is -0.200. The fourth-order valence-electron chi connectivity index (χ4n) is 1.43. The van der Waals surface area contributed by atoms with Gasteiger partial charge in [-0.3, -0.25) is 9.68 Å². The van der Waals surface area contributed by atoms with Crippen molar-refractivity contribution in [1.29, 1.82) is 0 Å². The Morgan fingerprint density at radius 2 is 1.22 bits per heavy atom. The minimum absolute atomic E-state index is 0.181. The van der Waals surface area contributed by atoms with Gasteiger partial charge >= 0.3 is 0 Å². The van der Waals surface area contributed by atoms with Crippen LogP contribution in [0.15, 0.2) is 0 Å². The van der Waals surface area contributed by atoms with Gasteiger partial charge in [-0.05, 0) is 52.4 Å².